The molecule has 18 heteroatoms. The standard InChI is InChI=1S/C39H80N6O12/c1-7-14-42(16-12-40-37(50)56-10-4)23-34(47)27-53-30-39(9-3,31-54-28-35(48)24-43(15-8-2)17-13-41-38(51)57-11-5)32-55-29-36(49)25-45-20-18-44(19-21-45)22-33(46)26-52-6/h33-36,46-49H,7-32H2,1-6H3,(H,40,50)(H,41,51). The van der Waals surface area contributed by atoms with Crippen molar-refractivity contribution < 1.29 is 58.4 Å². The van der Waals surface area contributed by atoms with E-state index in [9.17, 15) is 30.0 Å². The van der Waals surface area contributed by atoms with Crippen molar-refractivity contribution >= 4 is 12.2 Å². The van der Waals surface area contributed by atoms with Crippen molar-refractivity contribution in [2.24, 2.45) is 5.41 Å². The van der Waals surface area contributed by atoms with E-state index >= 15 is 0 Å². The molecule has 57 heavy (non-hydrogen) atoms. The Kier molecular flexibility index (Phi) is 30.6. The van der Waals surface area contributed by atoms with E-state index in [0.29, 0.717) is 78.6 Å². The van der Waals surface area contributed by atoms with Gasteiger partial charge in [-0.3, -0.25) is 19.6 Å². The van der Waals surface area contributed by atoms with Crippen LogP contribution < -0.4 is 10.6 Å². The highest BCUT2D eigenvalue weighted by molar-refractivity contribution is 5.67. The molecule has 4 atom stereocenters. The zero-order valence-electron chi connectivity index (χ0n) is 36.0. The van der Waals surface area contributed by atoms with Crippen LogP contribution in [0.15, 0.2) is 0 Å². The number of rotatable bonds is 35. The number of alkyl carbamates (subject to hydrolysis) is 2. The minimum absolute atomic E-state index is 0.0821. The number of hydrogen-bond acceptors (Lipinski definition) is 16. The Morgan fingerprint density at radius 2 is 1.00 bits per heavy atom. The van der Waals surface area contributed by atoms with Crippen molar-refractivity contribution in [2.45, 2.75) is 78.3 Å². The van der Waals surface area contributed by atoms with Crippen LogP contribution in [0.4, 0.5) is 9.59 Å². The molecule has 1 saturated heterocycles. The van der Waals surface area contributed by atoms with Gasteiger partial charge >= 0.3 is 12.2 Å². The summed E-state index contributed by atoms with van der Waals surface area (Å²) < 4.78 is 33.3. The molecule has 0 saturated carbocycles. The van der Waals surface area contributed by atoms with Gasteiger partial charge in [-0.1, -0.05) is 20.8 Å². The molecule has 4 unspecified atom stereocenters. The lowest BCUT2D eigenvalue weighted by Crippen LogP contribution is -2.51. The molecule has 1 aliphatic heterocycles. The first-order valence-electron chi connectivity index (χ1n) is 21.1. The summed E-state index contributed by atoms with van der Waals surface area (Å²) in [5, 5.41) is 48.3. The van der Waals surface area contributed by atoms with Gasteiger partial charge in [0.05, 0.1) is 83.9 Å². The molecule has 0 aromatic heterocycles. The molecule has 1 aliphatic rings. The maximum Gasteiger partial charge on any atom is 0.407 e. The number of nitrogens with zero attached hydrogens (tertiary/aromatic N) is 4. The zero-order valence-corrected chi connectivity index (χ0v) is 36.0. The van der Waals surface area contributed by atoms with Gasteiger partial charge in [-0.05, 0) is 46.2 Å². The summed E-state index contributed by atoms with van der Waals surface area (Å²) in [6.07, 6.45) is -1.32. The van der Waals surface area contributed by atoms with E-state index in [1.165, 1.54) is 0 Å². The number of carbonyl (C=O) groups is 2. The molecule has 0 aromatic rings. The number of aliphatic hydroxyl groups is 4. The van der Waals surface area contributed by atoms with E-state index in [1.807, 2.05) is 6.92 Å². The Balaban J connectivity index is 2.79. The molecular weight excluding hydrogens is 744 g/mol. The second-order valence-electron chi connectivity index (χ2n) is 15.0. The first-order chi connectivity index (χ1) is 27.4. The van der Waals surface area contributed by atoms with Gasteiger partial charge in [-0.25, -0.2) is 9.59 Å². The van der Waals surface area contributed by atoms with Crippen LogP contribution in [-0.4, -0.2) is 235 Å². The van der Waals surface area contributed by atoms with E-state index in [0.717, 1.165) is 52.1 Å². The van der Waals surface area contributed by atoms with E-state index in [4.69, 9.17) is 28.4 Å². The van der Waals surface area contributed by atoms with Crippen LogP contribution in [0.1, 0.15) is 53.9 Å². The third-order valence-corrected chi connectivity index (χ3v) is 9.63. The highest BCUT2D eigenvalue weighted by Crippen LogP contribution is 2.25. The number of nitrogens with one attached hydrogen (secondary N) is 2. The Morgan fingerprint density at radius 1 is 0.614 bits per heavy atom. The van der Waals surface area contributed by atoms with Gasteiger partial charge in [0.25, 0.3) is 0 Å². The van der Waals surface area contributed by atoms with Crippen molar-refractivity contribution in [1.29, 1.82) is 0 Å². The smallest absolute Gasteiger partial charge is 0.407 e. The van der Waals surface area contributed by atoms with Gasteiger partial charge in [0.15, 0.2) is 0 Å². The summed E-state index contributed by atoms with van der Waals surface area (Å²) in [5.74, 6) is 0. The Morgan fingerprint density at radius 3 is 1.35 bits per heavy atom. The van der Waals surface area contributed by atoms with Gasteiger partial charge in [-0.15, -0.1) is 0 Å². The normalized spacial score (nSPS) is 17.3. The molecular formula is C39H80N6O12. The summed E-state index contributed by atoms with van der Waals surface area (Å²) >= 11 is 0. The number of methoxy groups -OCH3 is 1. The van der Waals surface area contributed by atoms with Crippen molar-refractivity contribution in [3.8, 4) is 0 Å². The first kappa shape index (κ1) is 53.1. The van der Waals surface area contributed by atoms with Crippen LogP contribution in [0.5, 0.6) is 0 Å². The van der Waals surface area contributed by atoms with Crippen molar-refractivity contribution in [2.75, 3.05) is 158 Å². The maximum atomic E-state index is 11.7. The molecule has 1 fully saturated rings. The van der Waals surface area contributed by atoms with Crippen LogP contribution in [-0.2, 0) is 28.4 Å². The van der Waals surface area contributed by atoms with Crippen LogP contribution in [0, 0.1) is 5.41 Å². The molecule has 0 bridgehead atoms. The van der Waals surface area contributed by atoms with Crippen molar-refractivity contribution in [1.82, 2.24) is 30.2 Å². The van der Waals surface area contributed by atoms with Gasteiger partial charge in [-0.2, -0.15) is 0 Å². The quantitative estimate of drug-likeness (QED) is 0.0500. The topological polar surface area (TPSA) is 207 Å². The van der Waals surface area contributed by atoms with E-state index in [1.54, 1.807) is 21.0 Å². The van der Waals surface area contributed by atoms with Crippen molar-refractivity contribution in [3.63, 3.8) is 0 Å². The fourth-order valence-corrected chi connectivity index (χ4v) is 6.63. The molecule has 18 nitrogen and oxygen atoms in total. The average Bonchev–Trinajstić information content (AvgIpc) is 3.16. The fraction of sp³-hybridized carbons (Fsp3) is 0.949. The SMILES string of the molecule is CCCN(CCNC(=O)OCC)CC(O)COCC(CC)(COCC(O)CN(CCC)CCNC(=O)OCC)COCC(O)CN1CCN(CC(O)COC)CC1. The number of carbonyl (C=O) groups excluding carboxylic acids is 2. The van der Waals surface area contributed by atoms with Crippen LogP contribution in [0.2, 0.25) is 0 Å². The minimum atomic E-state index is -0.772. The lowest BCUT2D eigenvalue weighted by atomic mass is 9.88. The van der Waals surface area contributed by atoms with Crippen LogP contribution in [0.3, 0.4) is 0 Å². The summed E-state index contributed by atoms with van der Waals surface area (Å²) in [7, 11) is 1.58. The number of ether oxygens (including phenoxy) is 6. The Labute approximate surface area is 342 Å². The third kappa shape index (κ3) is 26.0. The molecule has 0 radical (unpaired) electrons. The Hall–Kier alpha value is -1.94. The van der Waals surface area contributed by atoms with Crippen LogP contribution in [0.25, 0.3) is 0 Å². The molecule has 2 amide bonds. The summed E-state index contributed by atoms with van der Waals surface area (Å²) in [5.41, 5.74) is -0.618. The summed E-state index contributed by atoms with van der Waals surface area (Å²) in [6, 6.07) is 0. The van der Waals surface area contributed by atoms with Crippen LogP contribution >= 0.6 is 0 Å². The van der Waals surface area contributed by atoms with E-state index in [-0.39, 0.29) is 39.6 Å². The first-order valence-corrected chi connectivity index (χ1v) is 21.1. The molecule has 0 aromatic carbocycles. The van der Waals surface area contributed by atoms with Crippen molar-refractivity contribution in [3.05, 3.63) is 0 Å². The van der Waals surface area contributed by atoms with Gasteiger partial charge in [0.1, 0.15) is 0 Å². The molecule has 1 heterocycles. The second kappa shape index (κ2) is 32.9. The number of amides is 2. The van der Waals surface area contributed by atoms with Gasteiger partial charge in [0.2, 0.25) is 0 Å². The Bertz CT molecular complexity index is 951. The summed E-state index contributed by atoms with van der Waals surface area (Å²) in [4.78, 5) is 31.9. The summed E-state index contributed by atoms with van der Waals surface area (Å²) in [6.45, 7) is 19.8. The predicted octanol–water partition coefficient (Wildman–Crippen LogP) is 0.0564. The maximum absolute atomic E-state index is 11.7. The lowest BCUT2D eigenvalue weighted by Gasteiger charge is -2.36. The largest absolute Gasteiger partial charge is 0.450 e. The lowest BCUT2D eigenvalue weighted by molar-refractivity contribution is -0.104. The highest BCUT2D eigenvalue weighted by atomic mass is 16.6. The monoisotopic (exact) mass is 825 g/mol. The van der Waals surface area contributed by atoms with Gasteiger partial charge in [0, 0.05) is 91.1 Å². The third-order valence-electron chi connectivity index (χ3n) is 9.63. The number of piperazine rings is 1. The second-order valence-corrected chi connectivity index (χ2v) is 15.0. The minimum Gasteiger partial charge on any atom is -0.450 e. The molecule has 0 aliphatic carbocycles. The molecule has 338 valence electrons. The zero-order chi connectivity index (χ0) is 42.3. The predicted molar refractivity (Wildman–Crippen MR) is 217 cm³/mol. The average molecular weight is 825 g/mol. The fourth-order valence-electron chi connectivity index (χ4n) is 6.63. The number of hydrogen-bond donors (Lipinski definition) is 6. The highest BCUT2D eigenvalue weighted by Gasteiger charge is 2.31. The molecule has 6 N–H and O–H groups in total. The molecule has 0 spiro atoms. The van der Waals surface area contributed by atoms with Gasteiger partial charge < -0.3 is 59.5 Å². The van der Waals surface area contributed by atoms with E-state index < -0.39 is 42.0 Å². The number of β-amino-alcohol motifs (C(OH)–C–C–N with tert-alkyl or cyclic N) is 2. The molecule has 1 rings (SSSR count). The number of aliphatic hydroxyl groups excluding tert-OH is 4. The van der Waals surface area contributed by atoms with E-state index in [2.05, 4.69) is 44.1 Å².